The summed E-state index contributed by atoms with van der Waals surface area (Å²) in [5, 5.41) is 0.757. The van der Waals surface area contributed by atoms with Gasteiger partial charge in [0.15, 0.2) is 0 Å². The Morgan fingerprint density at radius 2 is 1.85 bits per heavy atom. The van der Waals surface area contributed by atoms with Crippen LogP contribution in [-0.4, -0.2) is 56.0 Å². The Bertz CT molecular complexity index is 1270. The molecule has 33 heavy (non-hydrogen) atoms. The van der Waals surface area contributed by atoms with E-state index in [4.69, 9.17) is 9.47 Å². The molecule has 0 N–H and O–H groups in total. The molecule has 1 aromatic carbocycles. The molecule has 1 aliphatic rings. The van der Waals surface area contributed by atoms with Crippen LogP contribution in [0.3, 0.4) is 0 Å². The van der Waals surface area contributed by atoms with Crippen molar-refractivity contribution in [3.8, 4) is 0 Å². The number of carbonyl (C=O) groups excluding carboxylic acids is 1. The monoisotopic (exact) mass is 492 g/mol. The maximum atomic E-state index is 14.0. The molecule has 0 amide bonds. The van der Waals surface area contributed by atoms with E-state index in [0.29, 0.717) is 32.9 Å². The second kappa shape index (κ2) is 9.84. The molecule has 0 unspecified atom stereocenters. The fourth-order valence-electron chi connectivity index (χ4n) is 3.82. The molecule has 7 nitrogen and oxygen atoms in total. The van der Waals surface area contributed by atoms with Gasteiger partial charge in [-0.1, -0.05) is 11.8 Å². The van der Waals surface area contributed by atoms with Crippen LogP contribution < -0.4 is 0 Å². The zero-order valence-electron chi connectivity index (χ0n) is 18.4. The quantitative estimate of drug-likeness (QED) is 0.469. The van der Waals surface area contributed by atoms with E-state index >= 15 is 0 Å². The van der Waals surface area contributed by atoms with Gasteiger partial charge in [-0.05, 0) is 61.4 Å². The Morgan fingerprint density at radius 1 is 1.15 bits per heavy atom. The summed E-state index contributed by atoms with van der Waals surface area (Å²) in [6, 6.07) is 9.65. The lowest BCUT2D eigenvalue weighted by Crippen LogP contribution is -2.40. The molecule has 0 radical (unpaired) electrons. The topological polar surface area (TPSA) is 77.3 Å². The smallest absolute Gasteiger partial charge is 0.310 e. The molecule has 4 rings (SSSR count). The van der Waals surface area contributed by atoms with E-state index in [-0.39, 0.29) is 17.3 Å². The Kier molecular flexibility index (Phi) is 7.08. The molecule has 0 spiro atoms. The second-order valence-corrected chi connectivity index (χ2v) is 10.6. The van der Waals surface area contributed by atoms with E-state index in [1.165, 1.54) is 28.3 Å². The summed E-state index contributed by atoms with van der Waals surface area (Å²) >= 11 is 1.38. The van der Waals surface area contributed by atoms with Crippen LogP contribution >= 0.6 is 11.8 Å². The minimum absolute atomic E-state index is 0.0894. The summed E-state index contributed by atoms with van der Waals surface area (Å²) in [5.41, 5.74) is 2.36. The fourth-order valence-corrected chi connectivity index (χ4v) is 6.25. The first-order valence-corrected chi connectivity index (χ1v) is 12.9. The number of halogens is 1. The van der Waals surface area contributed by atoms with Crippen molar-refractivity contribution in [1.29, 1.82) is 0 Å². The average molecular weight is 493 g/mol. The van der Waals surface area contributed by atoms with Crippen molar-refractivity contribution >= 4 is 33.3 Å². The summed E-state index contributed by atoms with van der Waals surface area (Å²) in [6.07, 6.45) is 1.47. The maximum absolute atomic E-state index is 14.0. The molecule has 0 atom stereocenters. The molecule has 1 aliphatic heterocycles. The fraction of sp³-hybridized carbons (Fsp3) is 0.348. The lowest BCUT2D eigenvalue weighted by molar-refractivity contribution is -0.142. The number of esters is 1. The van der Waals surface area contributed by atoms with E-state index in [0.717, 1.165) is 26.6 Å². The number of rotatable bonds is 7. The van der Waals surface area contributed by atoms with Crippen molar-refractivity contribution in [3.63, 3.8) is 0 Å². The number of aromatic nitrogens is 1. The molecular weight excluding hydrogens is 467 g/mol. The van der Waals surface area contributed by atoms with Gasteiger partial charge in [-0.15, -0.1) is 0 Å². The standard InChI is InChI=1S/C23H25FN2O5S2/c1-3-31-22(27)14-20-16(2)23(26-15-17(24)4-9-21(20)26)32-18-5-7-19(8-6-18)33(28,29)25-10-12-30-13-11-25/h4-9,15H,3,10-14H2,1-2H3. The van der Waals surface area contributed by atoms with E-state index in [1.54, 1.807) is 41.7 Å². The molecule has 0 saturated carbocycles. The summed E-state index contributed by atoms with van der Waals surface area (Å²) < 4.78 is 53.2. The van der Waals surface area contributed by atoms with Gasteiger partial charge in [-0.3, -0.25) is 4.79 Å². The first-order valence-electron chi connectivity index (χ1n) is 10.6. The van der Waals surface area contributed by atoms with Crippen LogP contribution in [0.25, 0.3) is 5.52 Å². The summed E-state index contributed by atoms with van der Waals surface area (Å²) in [7, 11) is -3.58. The van der Waals surface area contributed by atoms with Crippen molar-refractivity contribution in [2.24, 2.45) is 0 Å². The Morgan fingerprint density at radius 3 is 2.52 bits per heavy atom. The normalized spacial score (nSPS) is 15.1. The van der Waals surface area contributed by atoms with Crippen molar-refractivity contribution in [2.75, 3.05) is 32.9 Å². The third-order valence-corrected chi connectivity index (χ3v) is 8.60. The van der Waals surface area contributed by atoms with Crippen LogP contribution in [0.1, 0.15) is 18.1 Å². The minimum atomic E-state index is -3.58. The second-order valence-electron chi connectivity index (χ2n) is 7.58. The number of morpholine rings is 1. The van der Waals surface area contributed by atoms with Gasteiger partial charge in [0, 0.05) is 24.2 Å². The maximum Gasteiger partial charge on any atom is 0.310 e. The van der Waals surface area contributed by atoms with Gasteiger partial charge in [0.2, 0.25) is 10.0 Å². The number of benzene rings is 1. The van der Waals surface area contributed by atoms with E-state index in [1.807, 2.05) is 6.92 Å². The summed E-state index contributed by atoms with van der Waals surface area (Å²) in [5.74, 6) is -0.736. The van der Waals surface area contributed by atoms with Crippen LogP contribution in [0.2, 0.25) is 0 Å². The SMILES string of the molecule is CCOC(=O)Cc1c(C)c(Sc2ccc(S(=O)(=O)N3CCOCC3)cc2)n2cc(F)ccc12. The number of pyridine rings is 1. The van der Waals surface area contributed by atoms with Gasteiger partial charge in [-0.25, -0.2) is 12.8 Å². The van der Waals surface area contributed by atoms with E-state index in [2.05, 4.69) is 0 Å². The van der Waals surface area contributed by atoms with E-state index < -0.39 is 15.8 Å². The number of fused-ring (bicyclic) bond motifs is 1. The van der Waals surface area contributed by atoms with E-state index in [9.17, 15) is 17.6 Å². The molecule has 3 aromatic rings. The first-order chi connectivity index (χ1) is 15.8. The van der Waals surface area contributed by atoms with Gasteiger partial charge in [0.25, 0.3) is 0 Å². The number of hydrogen-bond donors (Lipinski definition) is 0. The Hall–Kier alpha value is -2.40. The van der Waals surface area contributed by atoms with Gasteiger partial charge in [0.1, 0.15) is 5.82 Å². The number of hydrogen-bond acceptors (Lipinski definition) is 6. The molecule has 1 saturated heterocycles. The summed E-state index contributed by atoms with van der Waals surface area (Å²) in [4.78, 5) is 13.1. The highest BCUT2D eigenvalue weighted by Crippen LogP contribution is 2.36. The lowest BCUT2D eigenvalue weighted by Gasteiger charge is -2.26. The number of carbonyl (C=O) groups is 1. The Labute approximate surface area is 196 Å². The molecule has 1 fully saturated rings. The van der Waals surface area contributed by atoms with Gasteiger partial charge >= 0.3 is 5.97 Å². The third kappa shape index (κ3) is 4.93. The van der Waals surface area contributed by atoms with Crippen LogP contribution in [0.5, 0.6) is 0 Å². The molecule has 176 valence electrons. The van der Waals surface area contributed by atoms with Crippen LogP contribution in [0.4, 0.5) is 4.39 Å². The van der Waals surface area contributed by atoms with Crippen molar-refractivity contribution in [1.82, 2.24) is 8.71 Å². The highest BCUT2D eigenvalue weighted by molar-refractivity contribution is 7.99. The lowest BCUT2D eigenvalue weighted by atomic mass is 10.1. The Balaban J connectivity index is 1.64. The molecule has 10 heteroatoms. The molecule has 0 bridgehead atoms. The predicted octanol–water partition coefficient (Wildman–Crippen LogP) is 3.66. The van der Waals surface area contributed by atoms with Gasteiger partial charge in [-0.2, -0.15) is 4.31 Å². The molecule has 2 aromatic heterocycles. The average Bonchev–Trinajstić information content (AvgIpc) is 3.05. The van der Waals surface area contributed by atoms with Crippen molar-refractivity contribution in [3.05, 3.63) is 59.5 Å². The highest BCUT2D eigenvalue weighted by atomic mass is 32.2. The first kappa shape index (κ1) is 23.7. The van der Waals surface area contributed by atoms with Gasteiger partial charge < -0.3 is 13.9 Å². The zero-order chi connectivity index (χ0) is 23.6. The third-order valence-electron chi connectivity index (χ3n) is 5.49. The molecule has 0 aliphatic carbocycles. The van der Waals surface area contributed by atoms with Gasteiger partial charge in [0.05, 0.1) is 41.7 Å². The minimum Gasteiger partial charge on any atom is -0.466 e. The summed E-state index contributed by atoms with van der Waals surface area (Å²) in [6.45, 7) is 5.38. The number of nitrogens with zero attached hydrogens (tertiary/aromatic N) is 2. The van der Waals surface area contributed by atoms with Crippen LogP contribution in [0, 0.1) is 12.7 Å². The number of ether oxygens (including phenoxy) is 2. The van der Waals surface area contributed by atoms with Crippen molar-refractivity contribution in [2.45, 2.75) is 35.1 Å². The predicted molar refractivity (Wildman–Crippen MR) is 123 cm³/mol. The number of sulfonamides is 1. The highest BCUT2D eigenvalue weighted by Gasteiger charge is 2.26. The van der Waals surface area contributed by atoms with Crippen molar-refractivity contribution < 1.29 is 27.1 Å². The molecule has 3 heterocycles. The largest absolute Gasteiger partial charge is 0.466 e. The molecular formula is C23H25FN2O5S2. The van der Waals surface area contributed by atoms with Crippen LogP contribution in [0.15, 0.2) is 57.4 Å². The van der Waals surface area contributed by atoms with Crippen LogP contribution in [-0.2, 0) is 30.7 Å². The zero-order valence-corrected chi connectivity index (χ0v) is 20.0.